The van der Waals surface area contributed by atoms with Gasteiger partial charge in [-0.1, -0.05) is 30.3 Å². The van der Waals surface area contributed by atoms with E-state index in [1.807, 2.05) is 6.92 Å². The molecule has 2 aromatic heterocycles. The second kappa shape index (κ2) is 11.1. The van der Waals surface area contributed by atoms with Gasteiger partial charge in [-0.15, -0.1) is 11.3 Å². The summed E-state index contributed by atoms with van der Waals surface area (Å²) in [6, 6.07) is 13.7. The first-order valence-electron chi connectivity index (χ1n) is 12.1. The van der Waals surface area contributed by atoms with Gasteiger partial charge in [0.25, 0.3) is 11.5 Å². The van der Waals surface area contributed by atoms with Crippen LogP contribution in [0.25, 0.3) is 15.9 Å². The number of hydrogen-bond donors (Lipinski definition) is 2. The van der Waals surface area contributed by atoms with E-state index in [-0.39, 0.29) is 23.0 Å². The van der Waals surface area contributed by atoms with Gasteiger partial charge in [-0.3, -0.25) is 14.2 Å². The summed E-state index contributed by atoms with van der Waals surface area (Å²) in [4.78, 5) is 33.3. The zero-order chi connectivity index (χ0) is 25.9. The maximum Gasteiger partial charge on any atom is 0.267 e. The van der Waals surface area contributed by atoms with Crippen molar-refractivity contribution in [3.05, 3.63) is 79.9 Å². The molecule has 0 atom stereocenters. The molecule has 7 nitrogen and oxygen atoms in total. The fourth-order valence-corrected chi connectivity index (χ4v) is 6.63. The number of aromatic nitrogens is 2. The number of fused-ring (bicyclic) bond motifs is 3. The van der Waals surface area contributed by atoms with E-state index >= 15 is 0 Å². The van der Waals surface area contributed by atoms with E-state index in [1.165, 1.54) is 16.6 Å². The number of nitrogens with zero attached hydrogens (tertiary/aromatic N) is 3. The second-order valence-corrected chi connectivity index (χ2v) is 11.1. The molecule has 5 rings (SSSR count). The van der Waals surface area contributed by atoms with Crippen molar-refractivity contribution in [1.82, 2.24) is 15.0 Å². The Morgan fingerprint density at radius 2 is 1.89 bits per heavy atom. The minimum atomic E-state index is -0.308. The third-order valence-corrected chi connectivity index (χ3v) is 8.60. The molecular weight excluding hydrogens is 528 g/mol. The Kier molecular flexibility index (Phi) is 7.64. The molecule has 2 heterocycles. The molecule has 0 saturated heterocycles. The van der Waals surface area contributed by atoms with Gasteiger partial charge < -0.3 is 5.11 Å². The normalized spacial score (nSPS) is 13.5. The first kappa shape index (κ1) is 25.5. The Hall–Kier alpha value is -3.14. The lowest BCUT2D eigenvalue weighted by atomic mass is 9.97. The summed E-state index contributed by atoms with van der Waals surface area (Å²) in [7, 11) is 0. The van der Waals surface area contributed by atoms with Gasteiger partial charge in [-0.2, -0.15) is 5.10 Å². The molecule has 1 aliphatic rings. The van der Waals surface area contributed by atoms with Crippen LogP contribution in [0.2, 0.25) is 5.02 Å². The zero-order valence-corrected chi connectivity index (χ0v) is 22.6. The minimum absolute atomic E-state index is 0.0344. The number of amides is 1. The molecule has 1 aliphatic carbocycles. The fraction of sp³-hybridized carbons (Fsp3) is 0.259. The number of aryl methyl sites for hydroxylation is 2. The number of carbonyl (C=O) groups is 1. The number of phenols is 1. The summed E-state index contributed by atoms with van der Waals surface area (Å²) in [6.45, 7) is 1.94. The molecule has 0 saturated carbocycles. The molecule has 190 valence electrons. The van der Waals surface area contributed by atoms with Crippen molar-refractivity contribution in [1.29, 1.82) is 0 Å². The Morgan fingerprint density at radius 1 is 1.16 bits per heavy atom. The molecule has 0 radical (unpaired) electrons. The molecule has 1 amide bonds. The zero-order valence-electron chi connectivity index (χ0n) is 20.2. The summed E-state index contributed by atoms with van der Waals surface area (Å²) in [5.41, 5.74) is 5.78. The minimum Gasteiger partial charge on any atom is -0.508 e. The molecule has 10 heteroatoms. The van der Waals surface area contributed by atoms with Gasteiger partial charge in [0, 0.05) is 9.90 Å². The summed E-state index contributed by atoms with van der Waals surface area (Å²) >= 11 is 8.88. The van der Waals surface area contributed by atoms with E-state index in [2.05, 4.69) is 10.5 Å². The number of nitrogens with one attached hydrogen (secondary N) is 1. The van der Waals surface area contributed by atoms with Crippen LogP contribution >= 0.6 is 34.7 Å². The number of hydrazone groups is 1. The number of carbonyl (C=O) groups excluding carboxylic acids is 1. The van der Waals surface area contributed by atoms with Gasteiger partial charge in [0.1, 0.15) is 10.6 Å². The van der Waals surface area contributed by atoms with E-state index in [4.69, 9.17) is 16.6 Å². The van der Waals surface area contributed by atoms with Crippen LogP contribution in [0.15, 0.2) is 63.6 Å². The summed E-state index contributed by atoms with van der Waals surface area (Å²) in [5.74, 6) is -0.105. The van der Waals surface area contributed by atoms with Gasteiger partial charge >= 0.3 is 0 Å². The Labute approximate surface area is 227 Å². The average molecular weight is 553 g/mol. The van der Waals surface area contributed by atoms with Gasteiger partial charge in [0.15, 0.2) is 5.16 Å². The maximum absolute atomic E-state index is 13.8. The number of rotatable bonds is 7. The molecule has 4 aromatic rings. The monoisotopic (exact) mass is 552 g/mol. The highest BCUT2D eigenvalue weighted by atomic mass is 35.5. The van der Waals surface area contributed by atoms with Crippen LogP contribution in [0.5, 0.6) is 5.75 Å². The second-order valence-electron chi connectivity index (χ2n) is 8.68. The SMILES string of the molecule is CC/C(=N\NC(=O)CSc1nc2sc3c(c2c(=O)n1-c1ccc(Cl)cc1)CCCC3)c1ccc(O)cc1. The van der Waals surface area contributed by atoms with E-state index in [0.717, 1.165) is 41.6 Å². The number of aromatic hydroxyl groups is 1. The molecule has 0 spiro atoms. The van der Waals surface area contributed by atoms with Crippen molar-refractivity contribution in [3.63, 3.8) is 0 Å². The molecular formula is C27H25ClN4O3S2. The van der Waals surface area contributed by atoms with Crippen LogP contribution in [0.1, 0.15) is 42.2 Å². The lowest BCUT2D eigenvalue weighted by Gasteiger charge is -2.13. The number of phenolic OH excluding ortho intramolecular Hbond substituents is 1. The third-order valence-electron chi connectivity index (χ3n) is 6.23. The number of thioether (sulfide) groups is 1. The Bertz CT molecular complexity index is 1540. The van der Waals surface area contributed by atoms with Crippen molar-refractivity contribution >= 4 is 56.5 Å². The number of thiophene rings is 1. The standard InChI is InChI=1S/C27H25ClN4O3S2/c1-2-21(16-7-13-19(33)14-8-16)30-31-23(34)15-36-27-29-25-24(20-5-3-4-6-22(20)37-25)26(35)32(27)18-11-9-17(28)10-12-18/h7-14,33H,2-6,15H2,1H3,(H,31,34)/b30-21+. The summed E-state index contributed by atoms with van der Waals surface area (Å²) < 4.78 is 1.58. The lowest BCUT2D eigenvalue weighted by Crippen LogP contribution is -2.25. The quantitative estimate of drug-likeness (QED) is 0.132. The van der Waals surface area contributed by atoms with Gasteiger partial charge in [0.05, 0.1) is 22.5 Å². The number of hydrogen-bond acceptors (Lipinski definition) is 7. The lowest BCUT2D eigenvalue weighted by molar-refractivity contribution is -0.118. The van der Waals surface area contributed by atoms with Gasteiger partial charge in [0.2, 0.25) is 0 Å². The topological polar surface area (TPSA) is 96.6 Å². The molecule has 0 fully saturated rings. The van der Waals surface area contributed by atoms with Crippen molar-refractivity contribution in [2.45, 2.75) is 44.2 Å². The Morgan fingerprint density at radius 3 is 2.62 bits per heavy atom. The smallest absolute Gasteiger partial charge is 0.267 e. The van der Waals surface area contributed by atoms with E-state index in [0.29, 0.717) is 33.4 Å². The van der Waals surface area contributed by atoms with Crippen molar-refractivity contribution in [3.8, 4) is 11.4 Å². The molecule has 0 unspecified atom stereocenters. The molecule has 37 heavy (non-hydrogen) atoms. The van der Waals surface area contributed by atoms with E-state index in [1.54, 1.807) is 64.4 Å². The number of halogens is 1. The largest absolute Gasteiger partial charge is 0.508 e. The van der Waals surface area contributed by atoms with Crippen LogP contribution in [0.3, 0.4) is 0 Å². The van der Waals surface area contributed by atoms with Gasteiger partial charge in [-0.25, -0.2) is 10.4 Å². The molecule has 2 N–H and O–H groups in total. The highest BCUT2D eigenvalue weighted by Gasteiger charge is 2.23. The fourth-order valence-electron chi connectivity index (χ4n) is 4.39. The summed E-state index contributed by atoms with van der Waals surface area (Å²) in [6.07, 6.45) is 4.66. The summed E-state index contributed by atoms with van der Waals surface area (Å²) in [5, 5.41) is 15.5. The van der Waals surface area contributed by atoms with Crippen LogP contribution in [-0.4, -0.2) is 32.0 Å². The van der Waals surface area contributed by atoms with Crippen LogP contribution in [0.4, 0.5) is 0 Å². The van der Waals surface area contributed by atoms with Crippen molar-refractivity contribution < 1.29 is 9.90 Å². The van der Waals surface area contributed by atoms with E-state index < -0.39 is 0 Å². The van der Waals surface area contributed by atoms with Crippen molar-refractivity contribution in [2.75, 3.05) is 5.75 Å². The highest BCUT2D eigenvalue weighted by molar-refractivity contribution is 7.99. The van der Waals surface area contributed by atoms with Crippen LogP contribution in [-0.2, 0) is 17.6 Å². The first-order chi connectivity index (χ1) is 17.9. The average Bonchev–Trinajstić information content (AvgIpc) is 3.28. The first-order valence-corrected chi connectivity index (χ1v) is 14.2. The van der Waals surface area contributed by atoms with Crippen LogP contribution in [0, 0.1) is 0 Å². The molecule has 2 aromatic carbocycles. The predicted octanol–water partition coefficient (Wildman–Crippen LogP) is 5.71. The van der Waals surface area contributed by atoms with Crippen molar-refractivity contribution in [2.24, 2.45) is 5.10 Å². The maximum atomic E-state index is 13.8. The number of benzene rings is 2. The van der Waals surface area contributed by atoms with Crippen LogP contribution < -0.4 is 11.0 Å². The molecule has 0 bridgehead atoms. The van der Waals surface area contributed by atoms with E-state index in [9.17, 15) is 14.7 Å². The third kappa shape index (κ3) is 5.44. The predicted molar refractivity (Wildman–Crippen MR) is 151 cm³/mol. The Balaban J connectivity index is 1.44. The molecule has 0 aliphatic heterocycles. The highest BCUT2D eigenvalue weighted by Crippen LogP contribution is 2.35. The van der Waals surface area contributed by atoms with Gasteiger partial charge in [-0.05, 0) is 91.8 Å².